The van der Waals surface area contributed by atoms with Gasteiger partial charge < -0.3 is 4.74 Å². The highest BCUT2D eigenvalue weighted by atomic mass is 79.9. The van der Waals surface area contributed by atoms with Gasteiger partial charge in [-0.1, -0.05) is 0 Å². The van der Waals surface area contributed by atoms with Crippen LogP contribution < -0.4 is 4.74 Å². The molecule has 0 atom stereocenters. The first kappa shape index (κ1) is 13.2. The van der Waals surface area contributed by atoms with E-state index in [-0.39, 0.29) is 10.0 Å². The fraction of sp³-hybridized carbons (Fsp3) is 0.417. The van der Waals surface area contributed by atoms with Crippen LogP contribution in [-0.4, -0.2) is 13.2 Å². The Hall–Kier alpha value is -1.26. The molecule has 1 fully saturated rings. The van der Waals surface area contributed by atoms with E-state index in [0.717, 1.165) is 6.42 Å². The van der Waals surface area contributed by atoms with Crippen molar-refractivity contribution >= 4 is 22.0 Å². The van der Waals surface area contributed by atoms with Crippen molar-refractivity contribution in [2.75, 3.05) is 7.11 Å². The van der Waals surface area contributed by atoms with Crippen LogP contribution in [0.1, 0.15) is 24.8 Å². The molecule has 1 aliphatic carbocycles. The van der Waals surface area contributed by atoms with E-state index in [1.807, 2.05) is 0 Å². The molecule has 0 aromatic heterocycles. The van der Waals surface area contributed by atoms with E-state index in [2.05, 4.69) is 20.9 Å². The van der Waals surface area contributed by atoms with E-state index in [9.17, 15) is 13.6 Å². The summed E-state index contributed by atoms with van der Waals surface area (Å²) >= 11 is 3.01. The highest BCUT2D eigenvalue weighted by Gasteiger charge is 2.42. The summed E-state index contributed by atoms with van der Waals surface area (Å²) < 4.78 is 32.6. The van der Waals surface area contributed by atoms with Crippen molar-refractivity contribution in [2.45, 2.75) is 24.8 Å². The lowest BCUT2D eigenvalue weighted by Crippen LogP contribution is -2.33. The summed E-state index contributed by atoms with van der Waals surface area (Å²) in [6.07, 6.45) is 3.39. The quantitative estimate of drug-likeness (QED) is 0.486. The number of isocyanates is 1. The van der Waals surface area contributed by atoms with Gasteiger partial charge in [0.25, 0.3) is 0 Å². The van der Waals surface area contributed by atoms with Crippen molar-refractivity contribution in [2.24, 2.45) is 4.99 Å². The number of halogens is 3. The summed E-state index contributed by atoms with van der Waals surface area (Å²) in [5, 5.41) is 0. The number of hydrogen-bond acceptors (Lipinski definition) is 3. The summed E-state index contributed by atoms with van der Waals surface area (Å²) in [6.45, 7) is 0. The van der Waals surface area contributed by atoms with Crippen molar-refractivity contribution in [3.8, 4) is 5.75 Å². The maximum atomic E-state index is 14.2. The Balaban J connectivity index is 2.64. The third kappa shape index (κ3) is 1.85. The standard InChI is InChI=1S/C12H10BrF2NO2/c1-18-11-9(14)7(5-8(13)10(11)15)12(16-6-17)3-2-4-12/h5H,2-4H2,1H3. The monoisotopic (exact) mass is 317 g/mol. The summed E-state index contributed by atoms with van der Waals surface area (Å²) in [4.78, 5) is 14.2. The summed E-state index contributed by atoms with van der Waals surface area (Å²) in [5.41, 5.74) is -0.753. The second-order valence-electron chi connectivity index (χ2n) is 4.16. The number of carbonyl (C=O) groups excluding carboxylic acids is 1. The van der Waals surface area contributed by atoms with Crippen molar-refractivity contribution in [3.63, 3.8) is 0 Å². The molecule has 0 unspecified atom stereocenters. The lowest BCUT2D eigenvalue weighted by molar-refractivity contribution is 0.242. The predicted molar refractivity (Wildman–Crippen MR) is 64.3 cm³/mol. The fourth-order valence-corrected chi connectivity index (χ4v) is 2.55. The van der Waals surface area contributed by atoms with E-state index in [1.54, 1.807) is 0 Å². The van der Waals surface area contributed by atoms with Crippen LogP contribution in [0.2, 0.25) is 0 Å². The molecule has 0 N–H and O–H groups in total. The van der Waals surface area contributed by atoms with Gasteiger partial charge >= 0.3 is 0 Å². The van der Waals surface area contributed by atoms with E-state index in [4.69, 9.17) is 4.74 Å². The second-order valence-corrected chi connectivity index (χ2v) is 5.01. The number of benzene rings is 1. The molecule has 1 saturated carbocycles. The smallest absolute Gasteiger partial charge is 0.235 e. The average molecular weight is 318 g/mol. The van der Waals surface area contributed by atoms with Crippen LogP contribution in [0.5, 0.6) is 5.75 Å². The van der Waals surface area contributed by atoms with Gasteiger partial charge in [-0.25, -0.2) is 13.6 Å². The normalized spacial score (nSPS) is 16.7. The van der Waals surface area contributed by atoms with Gasteiger partial charge in [-0.05, 0) is 41.3 Å². The molecule has 0 amide bonds. The van der Waals surface area contributed by atoms with Gasteiger partial charge in [-0.2, -0.15) is 4.99 Å². The van der Waals surface area contributed by atoms with Crippen LogP contribution in [0.15, 0.2) is 15.5 Å². The number of ether oxygens (including phenoxy) is 1. The number of rotatable bonds is 3. The average Bonchev–Trinajstić information content (AvgIpc) is 2.30. The maximum Gasteiger partial charge on any atom is 0.235 e. The van der Waals surface area contributed by atoms with E-state index >= 15 is 0 Å². The molecule has 1 aromatic rings. The Morgan fingerprint density at radius 2 is 2.11 bits per heavy atom. The number of nitrogens with zero attached hydrogens (tertiary/aromatic N) is 1. The summed E-state index contributed by atoms with van der Waals surface area (Å²) in [5.74, 6) is -2.08. The molecule has 3 nitrogen and oxygen atoms in total. The minimum Gasteiger partial charge on any atom is -0.491 e. The van der Waals surface area contributed by atoms with Crippen LogP contribution in [-0.2, 0) is 10.3 Å². The van der Waals surface area contributed by atoms with Crippen LogP contribution in [0, 0.1) is 11.6 Å². The first-order valence-electron chi connectivity index (χ1n) is 5.37. The van der Waals surface area contributed by atoms with Gasteiger partial charge in [0.05, 0.1) is 11.6 Å². The van der Waals surface area contributed by atoms with Gasteiger partial charge in [-0.15, -0.1) is 0 Å². The van der Waals surface area contributed by atoms with Crippen LogP contribution in [0.25, 0.3) is 0 Å². The Morgan fingerprint density at radius 1 is 1.44 bits per heavy atom. The molecular weight excluding hydrogens is 308 g/mol. The molecule has 0 aliphatic heterocycles. The van der Waals surface area contributed by atoms with Crippen molar-refractivity contribution in [1.82, 2.24) is 0 Å². The van der Waals surface area contributed by atoms with Gasteiger partial charge in [0.15, 0.2) is 17.4 Å². The minimum absolute atomic E-state index is 0.0862. The third-order valence-electron chi connectivity index (χ3n) is 3.26. The molecule has 6 heteroatoms. The molecule has 1 aromatic carbocycles. The number of methoxy groups -OCH3 is 1. The lowest BCUT2D eigenvalue weighted by atomic mass is 9.72. The predicted octanol–water partition coefficient (Wildman–Crippen LogP) is 3.45. The molecule has 2 rings (SSSR count). The molecular formula is C12H10BrF2NO2. The SMILES string of the molecule is COc1c(F)c(Br)cc(C2(N=C=O)CCC2)c1F. The zero-order valence-electron chi connectivity index (χ0n) is 9.60. The van der Waals surface area contributed by atoms with Crippen molar-refractivity contribution < 1.29 is 18.3 Å². The first-order chi connectivity index (χ1) is 8.55. The van der Waals surface area contributed by atoms with Crippen molar-refractivity contribution in [3.05, 3.63) is 27.7 Å². The van der Waals surface area contributed by atoms with Gasteiger partial charge in [0.2, 0.25) is 6.08 Å². The lowest BCUT2D eigenvalue weighted by Gasteiger charge is -2.37. The molecule has 0 saturated heterocycles. The number of hydrogen-bond donors (Lipinski definition) is 0. The fourth-order valence-electron chi connectivity index (χ4n) is 2.14. The van der Waals surface area contributed by atoms with Gasteiger partial charge in [0, 0.05) is 5.56 Å². The molecule has 0 radical (unpaired) electrons. The van der Waals surface area contributed by atoms with E-state index in [0.29, 0.717) is 12.8 Å². The Labute approximate surface area is 111 Å². The third-order valence-corrected chi connectivity index (χ3v) is 3.84. The number of aliphatic imine (C=N–C) groups is 1. The van der Waals surface area contributed by atoms with Crippen LogP contribution in [0.3, 0.4) is 0 Å². The first-order valence-corrected chi connectivity index (χ1v) is 6.16. The molecule has 18 heavy (non-hydrogen) atoms. The molecule has 0 bridgehead atoms. The van der Waals surface area contributed by atoms with Crippen LogP contribution >= 0.6 is 15.9 Å². The van der Waals surface area contributed by atoms with Gasteiger partial charge in [0.1, 0.15) is 5.54 Å². The highest BCUT2D eigenvalue weighted by molar-refractivity contribution is 9.10. The van der Waals surface area contributed by atoms with Crippen LogP contribution in [0.4, 0.5) is 8.78 Å². The maximum absolute atomic E-state index is 14.2. The largest absolute Gasteiger partial charge is 0.491 e. The molecule has 96 valence electrons. The second kappa shape index (κ2) is 4.78. The zero-order valence-corrected chi connectivity index (χ0v) is 11.2. The highest BCUT2D eigenvalue weighted by Crippen LogP contribution is 2.48. The topological polar surface area (TPSA) is 38.7 Å². The minimum atomic E-state index is -0.921. The summed E-state index contributed by atoms with van der Waals surface area (Å²) in [7, 11) is 1.19. The Kier molecular flexibility index (Phi) is 3.50. The molecule has 1 aliphatic rings. The van der Waals surface area contributed by atoms with Crippen molar-refractivity contribution in [1.29, 1.82) is 0 Å². The molecule has 0 spiro atoms. The Bertz CT molecular complexity index is 537. The van der Waals surface area contributed by atoms with E-state index < -0.39 is 22.9 Å². The summed E-state index contributed by atoms with van der Waals surface area (Å²) in [6, 6.07) is 1.31. The molecule has 0 heterocycles. The van der Waals surface area contributed by atoms with E-state index in [1.165, 1.54) is 19.3 Å². The van der Waals surface area contributed by atoms with Gasteiger partial charge in [-0.3, -0.25) is 0 Å². The zero-order chi connectivity index (χ0) is 13.3. The Morgan fingerprint density at radius 3 is 2.56 bits per heavy atom.